The van der Waals surface area contributed by atoms with Crippen molar-refractivity contribution in [2.24, 2.45) is 0 Å². The maximum atomic E-state index is 8.63. The number of phenolic OH excluding ortho intramolecular Hbond substituents is 1. The molecule has 0 amide bonds. The first-order chi connectivity index (χ1) is 29.2. The summed E-state index contributed by atoms with van der Waals surface area (Å²) in [5, 5.41) is 18.9. The van der Waals surface area contributed by atoms with Crippen molar-refractivity contribution >= 4 is 95.6 Å². The molecule has 0 saturated heterocycles. The third-order valence-electron chi connectivity index (χ3n) is 11.4. The van der Waals surface area contributed by atoms with Gasteiger partial charge in [0, 0.05) is 79.4 Å². The van der Waals surface area contributed by atoms with Crippen LogP contribution in [0.25, 0.3) is 98.6 Å². The van der Waals surface area contributed by atoms with E-state index in [9.17, 15) is 0 Å². The number of aromatic amines is 2. The topological polar surface area (TPSA) is 61.7 Å². The van der Waals surface area contributed by atoms with Gasteiger partial charge in [-0.25, -0.2) is 0 Å². The zero-order valence-corrected chi connectivity index (χ0v) is 32.6. The zero-order chi connectivity index (χ0) is 39.3. The summed E-state index contributed by atoms with van der Waals surface area (Å²) >= 11 is 0. The molecule has 0 saturated carbocycles. The largest absolute Gasteiger partial charge is 0.508 e. The first-order valence-corrected chi connectivity index (χ1v) is 19.9. The van der Waals surface area contributed by atoms with E-state index in [4.69, 9.17) is 5.11 Å². The molecule has 0 aliphatic rings. The Balaban J connectivity index is 0.000000131. The molecule has 0 atom stereocenters. The lowest BCUT2D eigenvalue weighted by Crippen LogP contribution is -1.95. The Morgan fingerprint density at radius 1 is 0.317 bits per heavy atom. The number of aromatic nitrogens is 4. The lowest BCUT2D eigenvalue weighted by atomic mass is 10.1. The predicted octanol–water partition coefficient (Wildman–Crippen LogP) is 13.8. The highest BCUT2D eigenvalue weighted by Gasteiger charge is 2.20. The first-order valence-electron chi connectivity index (χ1n) is 19.9. The van der Waals surface area contributed by atoms with Gasteiger partial charge in [0.1, 0.15) is 5.75 Å². The van der Waals surface area contributed by atoms with Crippen LogP contribution in [0.1, 0.15) is 0 Å². The van der Waals surface area contributed by atoms with Crippen LogP contribution in [0.2, 0.25) is 0 Å². The number of nitrogens with zero attached hydrogens (tertiary/aromatic N) is 2. The van der Waals surface area contributed by atoms with E-state index in [1.165, 1.54) is 98.6 Å². The van der Waals surface area contributed by atoms with E-state index in [0.717, 1.165) is 0 Å². The van der Waals surface area contributed by atoms with E-state index in [1.54, 1.807) is 24.3 Å². The summed E-state index contributed by atoms with van der Waals surface area (Å²) in [7, 11) is 0. The molecule has 0 spiro atoms. The van der Waals surface area contributed by atoms with Crippen LogP contribution in [0.15, 0.2) is 212 Å². The van der Waals surface area contributed by atoms with Crippen molar-refractivity contribution in [1.82, 2.24) is 19.1 Å². The minimum atomic E-state index is 0. The SMILES string of the molecule is Oc1ccccc1.[B].c1ccc(-n2c3ccccc3c3c2ccc2c4ccccc4n(-c4ccccc4)c23)cc1.c1ccc2c(c1)[nH]c1c2ccc2[nH]c3ccccc3c21. The summed E-state index contributed by atoms with van der Waals surface area (Å²) in [5.74, 6) is 0.322. The fourth-order valence-electron chi connectivity index (χ4n) is 8.89. The molecule has 4 aromatic heterocycles. The van der Waals surface area contributed by atoms with E-state index in [1.807, 2.05) is 6.07 Å². The highest BCUT2D eigenvalue weighted by atomic mass is 16.3. The van der Waals surface area contributed by atoms with E-state index < -0.39 is 0 Å². The van der Waals surface area contributed by atoms with Crippen molar-refractivity contribution in [3.8, 4) is 17.1 Å². The molecule has 9 aromatic carbocycles. The van der Waals surface area contributed by atoms with E-state index in [0.29, 0.717) is 5.75 Å². The van der Waals surface area contributed by atoms with Gasteiger partial charge in [-0.05, 0) is 72.8 Å². The van der Waals surface area contributed by atoms with Gasteiger partial charge in [0.2, 0.25) is 0 Å². The average Bonchev–Trinajstić information content (AvgIpc) is 4.05. The Labute approximate surface area is 347 Å². The third-order valence-corrected chi connectivity index (χ3v) is 11.4. The Hall–Kier alpha value is -7.96. The van der Waals surface area contributed by atoms with Crippen LogP contribution in [-0.2, 0) is 0 Å². The van der Waals surface area contributed by atoms with Gasteiger partial charge < -0.3 is 24.2 Å². The molecular weight excluding hydrogens is 731 g/mol. The molecule has 0 fully saturated rings. The Bertz CT molecular complexity index is 3620. The predicted molar refractivity (Wildman–Crippen MR) is 254 cm³/mol. The summed E-state index contributed by atoms with van der Waals surface area (Å²) in [4.78, 5) is 7.07. The van der Waals surface area contributed by atoms with E-state index in [2.05, 4.69) is 201 Å². The first kappa shape index (κ1) is 36.4. The molecule has 5 nitrogen and oxygen atoms in total. The standard InChI is InChI=1S/C30H20N2.C18H12N2.C6H6O.B/c1-3-11-21(12-4-1)31-27-18-10-8-16-25(27)29-28(31)20-19-24-23-15-7-9-17-26(23)32(30(24)29)22-13-5-2-6-14-22;1-3-7-14-11(5-1)12-9-10-16-17(18(12)20-14)13-6-2-4-8-15(13)19-16;7-6-4-2-1-3-5-6;/h1-20H;1-10,19-20H;1-5,7H;. The summed E-state index contributed by atoms with van der Waals surface area (Å²) in [6, 6.07) is 73.4. The van der Waals surface area contributed by atoms with Crippen molar-refractivity contribution in [2.45, 2.75) is 0 Å². The fourth-order valence-corrected chi connectivity index (χ4v) is 8.89. The molecule has 3 N–H and O–H groups in total. The minimum Gasteiger partial charge on any atom is -0.508 e. The molecule has 0 unspecified atom stereocenters. The van der Waals surface area contributed by atoms with E-state index in [-0.39, 0.29) is 8.41 Å². The van der Waals surface area contributed by atoms with Crippen LogP contribution in [0, 0.1) is 0 Å². The van der Waals surface area contributed by atoms with Gasteiger partial charge in [0.15, 0.2) is 0 Å². The Kier molecular flexibility index (Phi) is 9.15. The number of benzene rings is 9. The van der Waals surface area contributed by atoms with Gasteiger partial charge in [-0.2, -0.15) is 0 Å². The summed E-state index contributed by atoms with van der Waals surface area (Å²) in [6.45, 7) is 0. The van der Waals surface area contributed by atoms with Gasteiger partial charge >= 0.3 is 0 Å². The van der Waals surface area contributed by atoms with Crippen LogP contribution < -0.4 is 0 Å². The molecule has 4 heterocycles. The van der Waals surface area contributed by atoms with Crippen molar-refractivity contribution < 1.29 is 5.11 Å². The van der Waals surface area contributed by atoms with Crippen molar-refractivity contribution in [3.63, 3.8) is 0 Å². The Morgan fingerprint density at radius 2 is 0.817 bits per heavy atom. The van der Waals surface area contributed by atoms with Gasteiger partial charge in [-0.3, -0.25) is 0 Å². The molecule has 0 aliphatic carbocycles. The summed E-state index contributed by atoms with van der Waals surface area (Å²) < 4.78 is 4.81. The van der Waals surface area contributed by atoms with Crippen LogP contribution in [0.3, 0.4) is 0 Å². The number of para-hydroxylation sites is 7. The van der Waals surface area contributed by atoms with Crippen LogP contribution in [0.4, 0.5) is 0 Å². The zero-order valence-electron chi connectivity index (χ0n) is 32.6. The smallest absolute Gasteiger partial charge is 0.115 e. The number of nitrogens with one attached hydrogen (secondary N) is 2. The molecule has 6 heteroatoms. The molecule has 0 aliphatic heterocycles. The Morgan fingerprint density at radius 3 is 1.47 bits per heavy atom. The number of aromatic hydroxyl groups is 1. The second-order valence-corrected chi connectivity index (χ2v) is 14.8. The quantitative estimate of drug-likeness (QED) is 0.151. The second-order valence-electron chi connectivity index (χ2n) is 14.8. The summed E-state index contributed by atoms with van der Waals surface area (Å²) in [6.07, 6.45) is 0. The van der Waals surface area contributed by atoms with Crippen LogP contribution >= 0.6 is 0 Å². The number of phenols is 1. The van der Waals surface area contributed by atoms with Crippen molar-refractivity contribution in [3.05, 3.63) is 212 Å². The maximum absolute atomic E-state index is 8.63. The van der Waals surface area contributed by atoms with Gasteiger partial charge in [-0.1, -0.05) is 140 Å². The number of fused-ring (bicyclic) bond motifs is 14. The highest BCUT2D eigenvalue weighted by molar-refractivity contribution is 6.26. The second kappa shape index (κ2) is 15.1. The monoisotopic (exact) mass is 769 g/mol. The highest BCUT2D eigenvalue weighted by Crippen LogP contribution is 2.42. The van der Waals surface area contributed by atoms with Crippen LogP contribution in [-0.4, -0.2) is 32.6 Å². The molecular formula is C54H38BN4O. The van der Waals surface area contributed by atoms with E-state index >= 15 is 0 Å². The number of H-pyrrole nitrogens is 2. The fraction of sp³-hybridized carbons (Fsp3) is 0. The third kappa shape index (κ3) is 5.97. The summed E-state index contributed by atoms with van der Waals surface area (Å²) in [5.41, 5.74) is 12.1. The number of hydrogen-bond donors (Lipinski definition) is 3. The van der Waals surface area contributed by atoms with Crippen molar-refractivity contribution in [1.29, 1.82) is 0 Å². The number of rotatable bonds is 2. The van der Waals surface area contributed by atoms with Gasteiger partial charge in [0.05, 0.1) is 27.6 Å². The van der Waals surface area contributed by atoms with Gasteiger partial charge in [0.25, 0.3) is 0 Å². The van der Waals surface area contributed by atoms with Gasteiger partial charge in [-0.15, -0.1) is 0 Å². The van der Waals surface area contributed by atoms with Crippen molar-refractivity contribution in [2.75, 3.05) is 0 Å². The molecule has 13 rings (SSSR count). The lowest BCUT2D eigenvalue weighted by molar-refractivity contribution is 0.475. The van der Waals surface area contributed by atoms with Crippen LogP contribution in [0.5, 0.6) is 5.75 Å². The lowest BCUT2D eigenvalue weighted by Gasteiger charge is -2.09. The molecule has 60 heavy (non-hydrogen) atoms. The maximum Gasteiger partial charge on any atom is 0.115 e. The average molecular weight is 770 g/mol. The normalized spacial score (nSPS) is 11.3. The minimum absolute atomic E-state index is 0. The number of hydrogen-bond acceptors (Lipinski definition) is 1. The molecule has 283 valence electrons. The molecule has 3 radical (unpaired) electrons. The molecule has 0 bridgehead atoms. The molecule has 13 aromatic rings.